The summed E-state index contributed by atoms with van der Waals surface area (Å²) in [6, 6.07) is 0. The Morgan fingerprint density at radius 1 is 1.19 bits per heavy atom. The Bertz CT molecular complexity index is 412. The summed E-state index contributed by atoms with van der Waals surface area (Å²) in [5, 5.41) is 0. The highest BCUT2D eigenvalue weighted by Gasteiger charge is 2.59. The summed E-state index contributed by atoms with van der Waals surface area (Å²) in [7, 11) is 1.79. The van der Waals surface area contributed by atoms with Crippen molar-refractivity contribution in [2.24, 2.45) is 5.41 Å². The van der Waals surface area contributed by atoms with Gasteiger partial charge < -0.3 is 14.7 Å². The molecule has 0 aromatic rings. The maximum absolute atomic E-state index is 12.7. The SMILES string of the molecule is CCCCN(C)C(=O)C1(C(=O)N2CCN(C=O)CC2)CC1. The van der Waals surface area contributed by atoms with Gasteiger partial charge in [0.25, 0.3) is 0 Å². The molecule has 3 amide bonds. The van der Waals surface area contributed by atoms with E-state index in [9.17, 15) is 14.4 Å². The van der Waals surface area contributed by atoms with E-state index in [4.69, 9.17) is 0 Å². The molecule has 1 heterocycles. The number of carbonyl (C=O) groups excluding carboxylic acids is 3. The van der Waals surface area contributed by atoms with Gasteiger partial charge >= 0.3 is 0 Å². The van der Waals surface area contributed by atoms with Crippen molar-refractivity contribution in [3.05, 3.63) is 0 Å². The second kappa shape index (κ2) is 6.45. The van der Waals surface area contributed by atoms with Crippen LogP contribution in [0.1, 0.15) is 32.6 Å². The number of amides is 3. The molecule has 6 heteroatoms. The number of carbonyl (C=O) groups is 3. The minimum absolute atomic E-state index is 0.0289. The Morgan fingerprint density at radius 3 is 2.29 bits per heavy atom. The van der Waals surface area contributed by atoms with Crippen molar-refractivity contribution < 1.29 is 14.4 Å². The van der Waals surface area contributed by atoms with Gasteiger partial charge in [0.1, 0.15) is 5.41 Å². The van der Waals surface area contributed by atoms with Crippen LogP contribution < -0.4 is 0 Å². The zero-order chi connectivity index (χ0) is 15.5. The summed E-state index contributed by atoms with van der Waals surface area (Å²) in [6.07, 6.45) is 4.14. The summed E-state index contributed by atoms with van der Waals surface area (Å²) in [5.41, 5.74) is -0.800. The molecule has 6 nitrogen and oxygen atoms in total. The monoisotopic (exact) mass is 295 g/mol. The van der Waals surface area contributed by atoms with Crippen LogP contribution in [-0.2, 0) is 14.4 Å². The largest absolute Gasteiger partial charge is 0.345 e. The molecule has 0 unspecified atom stereocenters. The molecule has 21 heavy (non-hydrogen) atoms. The average Bonchev–Trinajstić information content (AvgIpc) is 3.33. The Hall–Kier alpha value is -1.59. The fraction of sp³-hybridized carbons (Fsp3) is 0.800. The van der Waals surface area contributed by atoms with Gasteiger partial charge in [0, 0.05) is 39.8 Å². The summed E-state index contributed by atoms with van der Waals surface area (Å²) >= 11 is 0. The van der Waals surface area contributed by atoms with Crippen LogP contribution in [0.2, 0.25) is 0 Å². The van der Waals surface area contributed by atoms with Crippen molar-refractivity contribution in [3.63, 3.8) is 0 Å². The van der Waals surface area contributed by atoms with Crippen LogP contribution in [0.15, 0.2) is 0 Å². The van der Waals surface area contributed by atoms with E-state index in [2.05, 4.69) is 6.92 Å². The number of unbranched alkanes of at least 4 members (excludes halogenated alkanes) is 1. The van der Waals surface area contributed by atoms with E-state index >= 15 is 0 Å². The summed E-state index contributed by atoms with van der Waals surface area (Å²) in [4.78, 5) is 41.0. The molecule has 0 radical (unpaired) electrons. The Morgan fingerprint density at radius 2 is 1.81 bits per heavy atom. The van der Waals surface area contributed by atoms with Crippen LogP contribution in [0.4, 0.5) is 0 Å². The van der Waals surface area contributed by atoms with E-state index in [1.54, 1.807) is 21.7 Å². The van der Waals surface area contributed by atoms with E-state index in [1.807, 2.05) is 0 Å². The van der Waals surface area contributed by atoms with Gasteiger partial charge in [-0.3, -0.25) is 14.4 Å². The minimum Gasteiger partial charge on any atom is -0.345 e. The predicted octanol–water partition coefficient (Wildman–Crippen LogP) is 0.326. The van der Waals surface area contributed by atoms with Gasteiger partial charge in [-0.2, -0.15) is 0 Å². The van der Waals surface area contributed by atoms with E-state index < -0.39 is 5.41 Å². The zero-order valence-electron chi connectivity index (χ0n) is 13.0. The molecule has 1 aliphatic heterocycles. The van der Waals surface area contributed by atoms with Crippen LogP contribution in [0, 0.1) is 5.41 Å². The van der Waals surface area contributed by atoms with E-state index in [0.717, 1.165) is 19.3 Å². The van der Waals surface area contributed by atoms with Crippen LogP contribution in [0.5, 0.6) is 0 Å². The molecule has 1 saturated carbocycles. The molecular formula is C15H25N3O3. The van der Waals surface area contributed by atoms with Gasteiger partial charge in [0.05, 0.1) is 0 Å². The second-order valence-corrected chi connectivity index (χ2v) is 6.10. The highest BCUT2D eigenvalue weighted by molar-refractivity contribution is 6.07. The Balaban J connectivity index is 1.95. The number of rotatable bonds is 6. The summed E-state index contributed by atoms with van der Waals surface area (Å²) < 4.78 is 0. The smallest absolute Gasteiger partial charge is 0.238 e. The average molecular weight is 295 g/mol. The van der Waals surface area contributed by atoms with Crippen molar-refractivity contribution in [3.8, 4) is 0 Å². The van der Waals surface area contributed by atoms with Crippen LogP contribution in [-0.4, -0.2) is 72.7 Å². The third-order valence-electron chi connectivity index (χ3n) is 4.51. The molecule has 1 saturated heterocycles. The molecule has 118 valence electrons. The van der Waals surface area contributed by atoms with Crippen molar-refractivity contribution in [1.82, 2.24) is 14.7 Å². The lowest BCUT2D eigenvalue weighted by molar-refractivity contribution is -0.150. The first-order valence-corrected chi connectivity index (χ1v) is 7.79. The van der Waals surface area contributed by atoms with Gasteiger partial charge in [-0.1, -0.05) is 13.3 Å². The highest BCUT2D eigenvalue weighted by atomic mass is 16.2. The zero-order valence-corrected chi connectivity index (χ0v) is 13.0. The third kappa shape index (κ3) is 3.19. The number of piperazine rings is 1. The fourth-order valence-electron chi connectivity index (χ4n) is 2.84. The molecule has 0 aromatic heterocycles. The van der Waals surface area contributed by atoms with Crippen LogP contribution >= 0.6 is 0 Å². The standard InChI is InChI=1S/C15H25N3O3/c1-3-4-7-16(2)13(20)15(5-6-15)14(21)18-10-8-17(12-19)9-11-18/h12H,3-11H2,1-2H3. The topological polar surface area (TPSA) is 60.9 Å². The maximum Gasteiger partial charge on any atom is 0.238 e. The second-order valence-electron chi connectivity index (χ2n) is 6.10. The van der Waals surface area contributed by atoms with Crippen LogP contribution in [0.3, 0.4) is 0 Å². The van der Waals surface area contributed by atoms with Crippen molar-refractivity contribution in [2.45, 2.75) is 32.6 Å². The van der Waals surface area contributed by atoms with Gasteiger partial charge in [0.15, 0.2) is 0 Å². The summed E-state index contributed by atoms with van der Waals surface area (Å²) in [6.45, 7) is 4.99. The fourth-order valence-corrected chi connectivity index (χ4v) is 2.84. The first-order valence-electron chi connectivity index (χ1n) is 7.79. The molecule has 0 atom stereocenters. The Labute approximate surface area is 126 Å². The lowest BCUT2D eigenvalue weighted by Crippen LogP contribution is -2.53. The molecular weight excluding hydrogens is 270 g/mol. The number of nitrogens with zero attached hydrogens (tertiary/aromatic N) is 3. The normalized spacial score (nSPS) is 20.1. The third-order valence-corrected chi connectivity index (χ3v) is 4.51. The highest BCUT2D eigenvalue weighted by Crippen LogP contribution is 2.48. The molecule has 1 aliphatic carbocycles. The first-order chi connectivity index (χ1) is 10.0. The Kier molecular flexibility index (Phi) is 4.85. The van der Waals surface area contributed by atoms with Gasteiger partial charge in [-0.25, -0.2) is 0 Å². The lowest BCUT2D eigenvalue weighted by Gasteiger charge is -2.35. The van der Waals surface area contributed by atoms with Crippen molar-refractivity contribution in [1.29, 1.82) is 0 Å². The van der Waals surface area contributed by atoms with Gasteiger partial charge in [0.2, 0.25) is 18.2 Å². The summed E-state index contributed by atoms with van der Waals surface area (Å²) in [5.74, 6) is -0.0693. The number of hydrogen-bond donors (Lipinski definition) is 0. The first kappa shape index (κ1) is 15.8. The van der Waals surface area contributed by atoms with Crippen molar-refractivity contribution >= 4 is 18.2 Å². The maximum atomic E-state index is 12.7. The molecule has 0 bridgehead atoms. The van der Waals surface area contributed by atoms with E-state index in [0.29, 0.717) is 45.6 Å². The molecule has 0 spiro atoms. The minimum atomic E-state index is -0.800. The predicted molar refractivity (Wildman–Crippen MR) is 78.4 cm³/mol. The lowest BCUT2D eigenvalue weighted by atomic mass is 10.0. The quantitative estimate of drug-likeness (QED) is 0.524. The van der Waals surface area contributed by atoms with E-state index in [1.165, 1.54) is 0 Å². The van der Waals surface area contributed by atoms with Gasteiger partial charge in [-0.15, -0.1) is 0 Å². The van der Waals surface area contributed by atoms with E-state index in [-0.39, 0.29) is 11.8 Å². The molecule has 0 N–H and O–H groups in total. The molecule has 2 rings (SSSR count). The molecule has 2 aliphatic rings. The molecule has 0 aromatic carbocycles. The number of hydrogen-bond acceptors (Lipinski definition) is 3. The van der Waals surface area contributed by atoms with Crippen LogP contribution in [0.25, 0.3) is 0 Å². The van der Waals surface area contributed by atoms with Crippen molar-refractivity contribution in [2.75, 3.05) is 39.8 Å². The molecule has 2 fully saturated rings. The van der Waals surface area contributed by atoms with Gasteiger partial charge in [-0.05, 0) is 19.3 Å².